The molecule has 0 aliphatic rings. The average Bonchev–Trinajstić information content (AvgIpc) is 2.49. The second kappa shape index (κ2) is 6.96. The van der Waals surface area contributed by atoms with Gasteiger partial charge in [0.1, 0.15) is 0 Å². The first-order valence-corrected chi connectivity index (χ1v) is 6.67. The van der Waals surface area contributed by atoms with E-state index in [4.69, 9.17) is 21.1 Å². The van der Waals surface area contributed by atoms with Crippen LogP contribution in [-0.4, -0.2) is 30.1 Å². The minimum Gasteiger partial charge on any atom is -0.481 e. The van der Waals surface area contributed by atoms with Gasteiger partial charge in [0, 0.05) is 11.6 Å². The third-order valence-corrected chi connectivity index (χ3v) is 2.88. The molecule has 2 rings (SSSR count). The summed E-state index contributed by atoms with van der Waals surface area (Å²) in [5, 5.41) is 3.11. The molecule has 0 spiro atoms. The fraction of sp³-hybridized carbons (Fsp3) is 0.286. The summed E-state index contributed by atoms with van der Waals surface area (Å²) in [6.07, 6.45) is 0.852. The van der Waals surface area contributed by atoms with E-state index >= 15 is 0 Å². The monoisotopic (exact) mass is 293 g/mol. The summed E-state index contributed by atoms with van der Waals surface area (Å²) in [6.45, 7) is 0. The maximum Gasteiger partial charge on any atom is 0.233 e. The van der Waals surface area contributed by atoms with E-state index in [1.807, 2.05) is 24.3 Å². The van der Waals surface area contributed by atoms with Crippen molar-refractivity contribution in [2.24, 2.45) is 0 Å². The predicted octanol–water partition coefficient (Wildman–Crippen LogP) is 3.02. The van der Waals surface area contributed by atoms with Gasteiger partial charge in [0.15, 0.2) is 0 Å². The Hall–Kier alpha value is -2.01. The number of alkyl halides is 1. The van der Waals surface area contributed by atoms with Crippen LogP contribution in [0.3, 0.4) is 0 Å². The first kappa shape index (κ1) is 14.4. The third-order valence-electron chi connectivity index (χ3n) is 2.69. The number of hydrogen-bond donors (Lipinski definition) is 1. The summed E-state index contributed by atoms with van der Waals surface area (Å²) in [5.74, 6) is 1.92. The molecule has 0 aliphatic carbocycles. The molecule has 0 atom stereocenters. The van der Waals surface area contributed by atoms with Crippen molar-refractivity contribution < 1.29 is 9.47 Å². The van der Waals surface area contributed by atoms with E-state index < -0.39 is 0 Å². The van der Waals surface area contributed by atoms with Gasteiger partial charge in [0.2, 0.25) is 17.7 Å². The van der Waals surface area contributed by atoms with Crippen molar-refractivity contribution in [3.8, 4) is 11.8 Å². The standard InChI is InChI=1S/C14H16ClN3O2/c1-19-12-9-13(20-2)18-14(17-12)16-11-5-3-10(4-6-11)7-8-15/h3-6,9H,7-8H2,1-2H3,(H,16,17,18). The summed E-state index contributed by atoms with van der Waals surface area (Å²) in [5.41, 5.74) is 2.08. The van der Waals surface area contributed by atoms with Crippen LogP contribution in [-0.2, 0) is 6.42 Å². The molecule has 0 saturated heterocycles. The number of benzene rings is 1. The number of aromatic nitrogens is 2. The van der Waals surface area contributed by atoms with Gasteiger partial charge in [0.05, 0.1) is 20.3 Å². The van der Waals surface area contributed by atoms with E-state index in [1.165, 1.54) is 5.56 Å². The third kappa shape index (κ3) is 3.74. The van der Waals surface area contributed by atoms with Gasteiger partial charge in [-0.2, -0.15) is 9.97 Å². The van der Waals surface area contributed by atoms with Gasteiger partial charge in [-0.15, -0.1) is 11.6 Å². The topological polar surface area (TPSA) is 56.3 Å². The smallest absolute Gasteiger partial charge is 0.233 e. The van der Waals surface area contributed by atoms with E-state index in [2.05, 4.69) is 15.3 Å². The molecular formula is C14H16ClN3O2. The number of nitrogens with zero attached hydrogens (tertiary/aromatic N) is 2. The van der Waals surface area contributed by atoms with Crippen LogP contribution in [0.15, 0.2) is 30.3 Å². The van der Waals surface area contributed by atoms with Crippen molar-refractivity contribution >= 4 is 23.2 Å². The first-order chi connectivity index (χ1) is 9.75. The van der Waals surface area contributed by atoms with Crippen LogP contribution in [0.5, 0.6) is 11.8 Å². The first-order valence-electron chi connectivity index (χ1n) is 6.14. The second-order valence-electron chi connectivity index (χ2n) is 4.04. The molecule has 1 aromatic carbocycles. The summed E-state index contributed by atoms with van der Waals surface area (Å²) in [6, 6.07) is 9.56. The number of anilines is 2. The van der Waals surface area contributed by atoms with Crippen molar-refractivity contribution in [3.05, 3.63) is 35.9 Å². The molecule has 0 unspecified atom stereocenters. The van der Waals surface area contributed by atoms with E-state index in [1.54, 1.807) is 20.3 Å². The lowest BCUT2D eigenvalue weighted by Crippen LogP contribution is -2.01. The van der Waals surface area contributed by atoms with Gasteiger partial charge in [-0.25, -0.2) is 0 Å². The SMILES string of the molecule is COc1cc(OC)nc(Nc2ccc(CCCl)cc2)n1. The highest BCUT2D eigenvalue weighted by Gasteiger charge is 2.05. The zero-order chi connectivity index (χ0) is 14.4. The molecule has 20 heavy (non-hydrogen) atoms. The predicted molar refractivity (Wildman–Crippen MR) is 79.3 cm³/mol. The van der Waals surface area contributed by atoms with Gasteiger partial charge in [-0.3, -0.25) is 0 Å². The lowest BCUT2D eigenvalue weighted by molar-refractivity contribution is 0.373. The molecule has 6 heteroatoms. The van der Waals surface area contributed by atoms with Crippen molar-refractivity contribution in [3.63, 3.8) is 0 Å². The molecule has 5 nitrogen and oxygen atoms in total. The normalized spacial score (nSPS) is 10.2. The second-order valence-corrected chi connectivity index (χ2v) is 4.42. The maximum absolute atomic E-state index is 5.71. The lowest BCUT2D eigenvalue weighted by atomic mass is 10.1. The van der Waals surface area contributed by atoms with E-state index in [-0.39, 0.29) is 0 Å². The summed E-state index contributed by atoms with van der Waals surface area (Å²) in [7, 11) is 3.10. The number of methoxy groups -OCH3 is 2. The Kier molecular flexibility index (Phi) is 5.01. The van der Waals surface area contributed by atoms with E-state index in [0.717, 1.165) is 12.1 Å². The highest BCUT2D eigenvalue weighted by Crippen LogP contribution is 2.20. The Morgan fingerprint density at radius 3 is 2.15 bits per heavy atom. The molecule has 2 aromatic rings. The van der Waals surface area contributed by atoms with Gasteiger partial charge in [-0.1, -0.05) is 12.1 Å². The van der Waals surface area contributed by atoms with Crippen LogP contribution in [0.2, 0.25) is 0 Å². The molecular weight excluding hydrogens is 278 g/mol. The molecule has 0 amide bonds. The molecule has 0 radical (unpaired) electrons. The van der Waals surface area contributed by atoms with Gasteiger partial charge >= 0.3 is 0 Å². The Balaban J connectivity index is 2.16. The molecule has 1 aromatic heterocycles. The van der Waals surface area contributed by atoms with E-state index in [9.17, 15) is 0 Å². The van der Waals surface area contributed by atoms with Crippen LogP contribution in [0.25, 0.3) is 0 Å². The summed E-state index contributed by atoms with van der Waals surface area (Å²) < 4.78 is 10.2. The Bertz CT molecular complexity index is 539. The summed E-state index contributed by atoms with van der Waals surface area (Å²) in [4.78, 5) is 8.42. The van der Waals surface area contributed by atoms with Gasteiger partial charge in [0.25, 0.3) is 0 Å². The molecule has 106 valence electrons. The van der Waals surface area contributed by atoms with Crippen LogP contribution >= 0.6 is 11.6 Å². The molecule has 0 saturated carbocycles. The van der Waals surface area contributed by atoms with Crippen molar-refractivity contribution in [1.29, 1.82) is 0 Å². The quantitative estimate of drug-likeness (QED) is 0.830. The molecule has 0 aliphatic heterocycles. The average molecular weight is 294 g/mol. The Labute approximate surface area is 122 Å². The minimum atomic E-state index is 0.422. The van der Waals surface area contributed by atoms with Crippen LogP contribution in [0, 0.1) is 0 Å². The van der Waals surface area contributed by atoms with Crippen LogP contribution in [0.1, 0.15) is 5.56 Å². The molecule has 0 fully saturated rings. The number of aryl methyl sites for hydroxylation is 1. The van der Waals surface area contributed by atoms with Crippen molar-refractivity contribution in [2.75, 3.05) is 25.4 Å². The largest absolute Gasteiger partial charge is 0.481 e. The zero-order valence-electron chi connectivity index (χ0n) is 11.4. The number of ether oxygens (including phenoxy) is 2. The molecule has 1 heterocycles. The lowest BCUT2D eigenvalue weighted by Gasteiger charge is -2.08. The Morgan fingerprint density at radius 2 is 1.65 bits per heavy atom. The summed E-state index contributed by atoms with van der Waals surface area (Å²) >= 11 is 5.71. The minimum absolute atomic E-state index is 0.422. The van der Waals surface area contributed by atoms with Crippen LogP contribution < -0.4 is 14.8 Å². The van der Waals surface area contributed by atoms with Gasteiger partial charge in [-0.05, 0) is 24.1 Å². The highest BCUT2D eigenvalue weighted by molar-refractivity contribution is 6.17. The van der Waals surface area contributed by atoms with Crippen molar-refractivity contribution in [1.82, 2.24) is 9.97 Å². The number of rotatable bonds is 6. The zero-order valence-corrected chi connectivity index (χ0v) is 12.1. The number of hydrogen-bond acceptors (Lipinski definition) is 5. The van der Waals surface area contributed by atoms with E-state index in [0.29, 0.717) is 23.6 Å². The molecule has 0 bridgehead atoms. The highest BCUT2D eigenvalue weighted by atomic mass is 35.5. The van der Waals surface area contributed by atoms with Gasteiger partial charge < -0.3 is 14.8 Å². The maximum atomic E-state index is 5.71. The van der Waals surface area contributed by atoms with Crippen molar-refractivity contribution in [2.45, 2.75) is 6.42 Å². The fourth-order valence-corrected chi connectivity index (χ4v) is 1.88. The number of nitrogens with one attached hydrogen (secondary N) is 1. The fourth-order valence-electron chi connectivity index (χ4n) is 1.66. The van der Waals surface area contributed by atoms with Crippen LogP contribution in [0.4, 0.5) is 11.6 Å². The number of halogens is 1. The Morgan fingerprint density at radius 1 is 1.05 bits per heavy atom. The molecule has 1 N–H and O–H groups in total.